The van der Waals surface area contributed by atoms with Crippen molar-refractivity contribution in [3.05, 3.63) is 153 Å². The molecule has 0 fully saturated rings. The summed E-state index contributed by atoms with van der Waals surface area (Å²) in [4.78, 5) is 35.8. The summed E-state index contributed by atoms with van der Waals surface area (Å²) in [5.41, 5.74) is 5.68. The molecule has 0 saturated carbocycles. The van der Waals surface area contributed by atoms with Crippen molar-refractivity contribution in [1.82, 2.24) is 19.6 Å². The molecule has 2 N–H and O–H groups in total. The number of benzene rings is 4. The van der Waals surface area contributed by atoms with Gasteiger partial charge in [0, 0.05) is 48.2 Å². The number of hydrogen-bond donors (Lipinski definition) is 2. The number of aromatic nitrogens is 4. The molecule has 0 aliphatic heterocycles. The molecule has 0 saturated heterocycles. The Kier molecular flexibility index (Phi) is 10.3. The van der Waals surface area contributed by atoms with Crippen molar-refractivity contribution >= 4 is 34.0 Å². The van der Waals surface area contributed by atoms with E-state index in [1.807, 2.05) is 121 Å². The van der Waals surface area contributed by atoms with Gasteiger partial charge in [-0.25, -0.2) is 9.36 Å². The third-order valence-corrected chi connectivity index (χ3v) is 9.50. The van der Waals surface area contributed by atoms with Crippen molar-refractivity contribution in [3.8, 4) is 33.9 Å². The van der Waals surface area contributed by atoms with Gasteiger partial charge in [0.05, 0.1) is 33.9 Å². The maximum absolute atomic E-state index is 13.3. The maximum Gasteiger partial charge on any atom is 0.280 e. The van der Waals surface area contributed by atoms with Gasteiger partial charge in [-0.1, -0.05) is 119 Å². The number of para-hydroxylation sites is 2. The van der Waals surface area contributed by atoms with Gasteiger partial charge in [0.25, 0.3) is 11.1 Å². The summed E-state index contributed by atoms with van der Waals surface area (Å²) in [7, 11) is 3.42. The predicted molar refractivity (Wildman–Crippen MR) is 193 cm³/mol. The third kappa shape index (κ3) is 7.25. The Morgan fingerprint density at radius 1 is 0.522 bits per heavy atom. The second-order valence-electron chi connectivity index (χ2n) is 10.2. The van der Waals surface area contributed by atoms with E-state index in [0.717, 1.165) is 45.4 Å². The zero-order valence-electron chi connectivity index (χ0n) is 25.0. The molecule has 230 valence electrons. The van der Waals surface area contributed by atoms with Crippen LogP contribution in [0.15, 0.2) is 141 Å². The summed E-state index contributed by atoms with van der Waals surface area (Å²) in [5, 5.41) is 6.54. The number of nitrogens with one attached hydrogen (secondary N) is 2. The summed E-state index contributed by atoms with van der Waals surface area (Å²) < 4.78 is 3.12. The van der Waals surface area contributed by atoms with Crippen LogP contribution in [0.4, 0.5) is 0 Å². The topological polar surface area (TPSA) is 100 Å². The number of rotatable bonds is 13. The molecule has 0 bridgehead atoms. The Labute approximate surface area is 274 Å². The molecule has 6 rings (SSSR count). The molecular formula is C36H32N6O2S2. The minimum atomic E-state index is -0.137. The molecule has 0 spiro atoms. The SMILES string of the molecule is O=c1c(C=NCCSSCCN=Cc2c(-c3ccccc3)[nH]n(-c3ccccc3)c2=O)c(-c2ccccc2)[nH]n1-c1ccccc1. The Morgan fingerprint density at radius 2 is 0.870 bits per heavy atom. The molecule has 2 heterocycles. The van der Waals surface area contributed by atoms with E-state index in [1.54, 1.807) is 43.4 Å². The van der Waals surface area contributed by atoms with Gasteiger partial charge < -0.3 is 0 Å². The predicted octanol–water partition coefficient (Wildman–Crippen LogP) is 6.90. The lowest BCUT2D eigenvalue weighted by atomic mass is 10.1. The average Bonchev–Trinajstić information content (AvgIpc) is 3.62. The lowest BCUT2D eigenvalue weighted by molar-refractivity contribution is 0.852. The van der Waals surface area contributed by atoms with Gasteiger partial charge in [0.15, 0.2) is 0 Å². The van der Waals surface area contributed by atoms with Crippen LogP contribution in [-0.4, -0.2) is 56.6 Å². The van der Waals surface area contributed by atoms with Gasteiger partial charge in [-0.2, -0.15) is 0 Å². The molecular weight excluding hydrogens is 613 g/mol. The van der Waals surface area contributed by atoms with Crippen molar-refractivity contribution in [3.63, 3.8) is 0 Å². The van der Waals surface area contributed by atoms with E-state index in [9.17, 15) is 9.59 Å². The Balaban J connectivity index is 1.04. The molecule has 4 aromatic carbocycles. The standard InChI is InChI=1S/C36H32N6O2S2/c43-35-31(33(27-13-5-1-6-14-27)39-41(35)29-17-9-3-10-18-29)25-37-21-23-45-46-24-22-38-26-32-34(28-15-7-2-8-16-28)40-42(36(32)44)30-19-11-4-12-20-30/h1-20,25-26,39-40H,21-24H2. The highest BCUT2D eigenvalue weighted by Crippen LogP contribution is 2.22. The Bertz CT molecular complexity index is 1880. The van der Waals surface area contributed by atoms with Crippen LogP contribution in [-0.2, 0) is 0 Å². The zero-order valence-corrected chi connectivity index (χ0v) is 26.6. The molecule has 0 atom stereocenters. The largest absolute Gasteiger partial charge is 0.291 e. The van der Waals surface area contributed by atoms with E-state index >= 15 is 0 Å². The Hall–Kier alpha value is -5.06. The van der Waals surface area contributed by atoms with Crippen molar-refractivity contribution in [2.75, 3.05) is 24.6 Å². The first kappa shape index (κ1) is 30.9. The maximum atomic E-state index is 13.3. The van der Waals surface area contributed by atoms with Crippen molar-refractivity contribution in [2.24, 2.45) is 9.98 Å². The molecule has 8 nitrogen and oxygen atoms in total. The molecule has 2 aromatic heterocycles. The van der Waals surface area contributed by atoms with E-state index in [1.165, 1.54) is 0 Å². The highest BCUT2D eigenvalue weighted by molar-refractivity contribution is 8.76. The van der Waals surface area contributed by atoms with Crippen LogP contribution in [0.3, 0.4) is 0 Å². The highest BCUT2D eigenvalue weighted by Gasteiger charge is 2.16. The van der Waals surface area contributed by atoms with Gasteiger partial charge in [0.2, 0.25) is 0 Å². The summed E-state index contributed by atoms with van der Waals surface area (Å²) in [6.07, 6.45) is 3.36. The zero-order chi connectivity index (χ0) is 31.6. The third-order valence-electron chi connectivity index (χ3n) is 7.14. The van der Waals surface area contributed by atoms with E-state index in [4.69, 9.17) is 0 Å². The molecule has 0 unspecified atom stereocenters. The first-order valence-electron chi connectivity index (χ1n) is 14.9. The number of nitrogens with zero attached hydrogens (tertiary/aromatic N) is 4. The molecule has 0 radical (unpaired) electrons. The smallest absolute Gasteiger partial charge is 0.280 e. The van der Waals surface area contributed by atoms with Crippen LogP contribution in [0.2, 0.25) is 0 Å². The lowest BCUT2D eigenvalue weighted by Gasteiger charge is -2.01. The summed E-state index contributed by atoms with van der Waals surface area (Å²) in [6, 6.07) is 38.7. The molecule has 0 aliphatic rings. The lowest BCUT2D eigenvalue weighted by Crippen LogP contribution is -2.17. The minimum Gasteiger partial charge on any atom is -0.291 e. The van der Waals surface area contributed by atoms with Crippen LogP contribution in [0.25, 0.3) is 33.9 Å². The molecule has 0 aliphatic carbocycles. The summed E-state index contributed by atoms with van der Waals surface area (Å²) in [5.74, 6) is 1.58. The van der Waals surface area contributed by atoms with Gasteiger partial charge in [-0.05, 0) is 24.3 Å². The summed E-state index contributed by atoms with van der Waals surface area (Å²) >= 11 is 0. The van der Waals surface area contributed by atoms with Crippen molar-refractivity contribution in [1.29, 1.82) is 0 Å². The minimum absolute atomic E-state index is 0.137. The number of hydrogen-bond acceptors (Lipinski definition) is 6. The van der Waals surface area contributed by atoms with Crippen molar-refractivity contribution in [2.45, 2.75) is 0 Å². The summed E-state index contributed by atoms with van der Waals surface area (Å²) in [6.45, 7) is 1.15. The fourth-order valence-electron chi connectivity index (χ4n) is 4.92. The van der Waals surface area contributed by atoms with Crippen LogP contribution >= 0.6 is 21.6 Å². The number of H-pyrrole nitrogens is 2. The van der Waals surface area contributed by atoms with E-state index in [0.29, 0.717) is 24.2 Å². The Morgan fingerprint density at radius 3 is 1.24 bits per heavy atom. The van der Waals surface area contributed by atoms with Crippen LogP contribution < -0.4 is 11.1 Å². The van der Waals surface area contributed by atoms with Crippen LogP contribution in [0, 0.1) is 0 Å². The molecule has 0 amide bonds. The fraction of sp³-hybridized carbons (Fsp3) is 0.111. The first-order chi connectivity index (χ1) is 22.7. The first-order valence-corrected chi connectivity index (χ1v) is 17.4. The second kappa shape index (κ2) is 15.3. The monoisotopic (exact) mass is 644 g/mol. The van der Waals surface area contributed by atoms with E-state index < -0.39 is 0 Å². The quantitative estimate of drug-likeness (QED) is 0.0812. The van der Waals surface area contributed by atoms with Crippen LogP contribution in [0.5, 0.6) is 0 Å². The van der Waals surface area contributed by atoms with Gasteiger partial charge in [0.1, 0.15) is 0 Å². The van der Waals surface area contributed by atoms with Crippen LogP contribution in [0.1, 0.15) is 11.1 Å². The van der Waals surface area contributed by atoms with E-state index in [2.05, 4.69) is 20.2 Å². The number of aromatic amines is 2. The van der Waals surface area contributed by atoms with Gasteiger partial charge in [-0.3, -0.25) is 29.8 Å². The normalized spacial score (nSPS) is 11.6. The van der Waals surface area contributed by atoms with Crippen molar-refractivity contribution < 1.29 is 0 Å². The fourth-order valence-corrected chi connectivity index (χ4v) is 6.67. The molecule has 6 aromatic rings. The van der Waals surface area contributed by atoms with Gasteiger partial charge >= 0.3 is 0 Å². The molecule has 46 heavy (non-hydrogen) atoms. The number of aliphatic imine (C=N–C) groups is 2. The molecule has 10 heteroatoms. The highest BCUT2D eigenvalue weighted by atomic mass is 33.1. The van der Waals surface area contributed by atoms with Gasteiger partial charge in [-0.15, -0.1) is 0 Å². The second-order valence-corrected chi connectivity index (χ2v) is 12.9. The van der Waals surface area contributed by atoms with E-state index in [-0.39, 0.29) is 11.1 Å². The average molecular weight is 645 g/mol.